The Balaban J connectivity index is 1.88. The number of nitrogens with one attached hydrogen (secondary N) is 1. The first-order valence-corrected chi connectivity index (χ1v) is 7.71. The summed E-state index contributed by atoms with van der Waals surface area (Å²) >= 11 is 1.62. The van der Waals surface area contributed by atoms with Crippen LogP contribution in [0.5, 0.6) is 0 Å². The molecule has 0 saturated heterocycles. The molecule has 0 aliphatic carbocycles. The Morgan fingerprint density at radius 1 is 1.35 bits per heavy atom. The average Bonchev–Trinajstić information content (AvgIpc) is 3.06. The first-order valence-electron chi connectivity index (χ1n) is 6.90. The number of rotatable bonds is 2. The highest BCUT2D eigenvalue weighted by Gasteiger charge is 2.18. The number of hydrogen-bond acceptors (Lipinski definition) is 5. The number of aryl methyl sites for hydroxylation is 1. The molecule has 3 heterocycles. The molecule has 0 atom stereocenters. The van der Waals surface area contributed by atoms with Crippen LogP contribution in [0.4, 0.5) is 0 Å². The third kappa shape index (κ3) is 1.76. The molecule has 2 aromatic heterocycles. The van der Waals surface area contributed by atoms with E-state index in [4.69, 9.17) is 5.10 Å². The molecule has 0 bridgehead atoms. The van der Waals surface area contributed by atoms with Crippen LogP contribution in [0.15, 0.2) is 18.2 Å². The van der Waals surface area contributed by atoms with Gasteiger partial charge >= 0.3 is 0 Å². The fourth-order valence-electron chi connectivity index (χ4n) is 2.72. The normalized spacial score (nSPS) is 14.7. The van der Waals surface area contributed by atoms with E-state index in [9.17, 15) is 0 Å². The second-order valence-corrected chi connectivity index (χ2v) is 5.90. The Labute approximate surface area is 120 Å². The molecule has 1 N–H and O–H groups in total. The van der Waals surface area contributed by atoms with Crippen LogP contribution in [-0.2, 0) is 19.4 Å². The maximum atomic E-state index is 4.71. The quantitative estimate of drug-likeness (QED) is 0.783. The highest BCUT2D eigenvalue weighted by Crippen LogP contribution is 2.31. The third-order valence-electron chi connectivity index (χ3n) is 3.74. The predicted molar refractivity (Wildman–Crippen MR) is 78.9 cm³/mol. The Kier molecular flexibility index (Phi) is 2.78. The standard InChI is InChI=1S/C14H15N5S/c1-2-12-16-17-14-19(12)18-13(20-14)11-5-3-4-9-8-15-7-6-10(9)11/h3-5,15H,2,6-8H2,1H3. The molecule has 102 valence electrons. The van der Waals surface area contributed by atoms with Crippen LogP contribution >= 0.6 is 11.3 Å². The van der Waals surface area contributed by atoms with Crippen LogP contribution < -0.4 is 5.32 Å². The summed E-state index contributed by atoms with van der Waals surface area (Å²) in [6.45, 7) is 4.06. The topological polar surface area (TPSA) is 55.1 Å². The Hall–Kier alpha value is -1.79. The second kappa shape index (κ2) is 4.64. The van der Waals surface area contributed by atoms with E-state index in [0.29, 0.717) is 0 Å². The van der Waals surface area contributed by atoms with Gasteiger partial charge in [-0.25, -0.2) is 0 Å². The largest absolute Gasteiger partial charge is 0.312 e. The number of fused-ring (bicyclic) bond motifs is 2. The molecule has 0 amide bonds. The minimum atomic E-state index is 0.848. The summed E-state index contributed by atoms with van der Waals surface area (Å²) in [6, 6.07) is 6.48. The van der Waals surface area contributed by atoms with Gasteiger partial charge in [0.05, 0.1) is 0 Å². The molecule has 0 saturated carbocycles. The predicted octanol–water partition coefficient (Wildman–Crippen LogP) is 2.06. The van der Waals surface area contributed by atoms with Gasteiger partial charge < -0.3 is 5.32 Å². The highest BCUT2D eigenvalue weighted by atomic mass is 32.1. The van der Waals surface area contributed by atoms with Gasteiger partial charge in [0.1, 0.15) is 5.01 Å². The summed E-state index contributed by atoms with van der Waals surface area (Å²) in [7, 11) is 0. The SMILES string of the molecule is CCc1nnc2sc(-c3cccc4c3CCNC4)nn12. The molecule has 3 aromatic rings. The van der Waals surface area contributed by atoms with E-state index in [2.05, 4.69) is 40.6 Å². The van der Waals surface area contributed by atoms with Crippen molar-refractivity contribution in [1.29, 1.82) is 0 Å². The van der Waals surface area contributed by atoms with Crippen LogP contribution in [0.3, 0.4) is 0 Å². The molecular weight excluding hydrogens is 270 g/mol. The van der Waals surface area contributed by atoms with Gasteiger partial charge in [0.15, 0.2) is 5.82 Å². The molecule has 0 radical (unpaired) electrons. The van der Waals surface area contributed by atoms with Crippen molar-refractivity contribution in [1.82, 2.24) is 25.1 Å². The number of hydrogen-bond donors (Lipinski definition) is 1. The molecule has 6 heteroatoms. The fraction of sp³-hybridized carbons (Fsp3) is 0.357. The Morgan fingerprint density at radius 3 is 3.20 bits per heavy atom. The number of benzene rings is 1. The first-order chi connectivity index (χ1) is 9.86. The van der Waals surface area contributed by atoms with Crippen molar-refractivity contribution in [3.05, 3.63) is 35.2 Å². The lowest BCUT2D eigenvalue weighted by Crippen LogP contribution is -2.24. The summed E-state index contributed by atoms with van der Waals surface area (Å²) in [5.41, 5.74) is 4.06. The van der Waals surface area contributed by atoms with Crippen LogP contribution in [0.2, 0.25) is 0 Å². The van der Waals surface area contributed by atoms with E-state index in [1.54, 1.807) is 11.3 Å². The Morgan fingerprint density at radius 2 is 2.30 bits per heavy atom. The summed E-state index contributed by atoms with van der Waals surface area (Å²) in [6.07, 6.45) is 1.91. The van der Waals surface area contributed by atoms with Crippen molar-refractivity contribution in [2.75, 3.05) is 6.54 Å². The molecule has 1 aromatic carbocycles. The lowest BCUT2D eigenvalue weighted by molar-refractivity contribution is 0.644. The van der Waals surface area contributed by atoms with Crippen LogP contribution in [-0.4, -0.2) is 26.4 Å². The fourth-order valence-corrected chi connectivity index (χ4v) is 3.63. The van der Waals surface area contributed by atoms with Crippen LogP contribution in [0, 0.1) is 0 Å². The first kappa shape index (κ1) is 12.0. The maximum Gasteiger partial charge on any atom is 0.234 e. The average molecular weight is 285 g/mol. The zero-order valence-corrected chi connectivity index (χ0v) is 12.1. The molecule has 0 fully saturated rings. The van der Waals surface area contributed by atoms with Crippen LogP contribution in [0.25, 0.3) is 15.5 Å². The lowest BCUT2D eigenvalue weighted by atomic mass is 9.96. The molecule has 20 heavy (non-hydrogen) atoms. The Bertz CT molecular complexity index is 773. The molecule has 1 aliphatic rings. The van der Waals surface area contributed by atoms with Gasteiger partial charge in [-0.2, -0.15) is 9.61 Å². The second-order valence-electron chi connectivity index (χ2n) is 4.94. The smallest absolute Gasteiger partial charge is 0.234 e. The van der Waals surface area contributed by atoms with Crippen molar-refractivity contribution in [3.63, 3.8) is 0 Å². The van der Waals surface area contributed by atoms with Gasteiger partial charge in [0, 0.05) is 18.5 Å². The summed E-state index contributed by atoms with van der Waals surface area (Å²) in [5, 5.41) is 17.5. The van der Waals surface area contributed by atoms with E-state index in [-0.39, 0.29) is 0 Å². The van der Waals surface area contributed by atoms with E-state index in [1.165, 1.54) is 16.7 Å². The van der Waals surface area contributed by atoms with Crippen molar-refractivity contribution < 1.29 is 0 Å². The van der Waals surface area contributed by atoms with Crippen molar-refractivity contribution >= 4 is 16.3 Å². The van der Waals surface area contributed by atoms with Gasteiger partial charge in [0.25, 0.3) is 0 Å². The van der Waals surface area contributed by atoms with Crippen molar-refractivity contribution in [2.24, 2.45) is 0 Å². The summed E-state index contributed by atoms with van der Waals surface area (Å²) in [4.78, 5) is 0.878. The molecule has 4 rings (SSSR count). The minimum Gasteiger partial charge on any atom is -0.312 e. The number of aromatic nitrogens is 4. The third-order valence-corrected chi connectivity index (χ3v) is 4.67. The van der Waals surface area contributed by atoms with Crippen molar-refractivity contribution in [2.45, 2.75) is 26.3 Å². The summed E-state index contributed by atoms with van der Waals surface area (Å²) < 4.78 is 1.88. The van der Waals surface area contributed by atoms with E-state index < -0.39 is 0 Å². The summed E-state index contributed by atoms with van der Waals surface area (Å²) in [5.74, 6) is 0.925. The van der Waals surface area contributed by atoms with Gasteiger partial charge in [0.2, 0.25) is 4.96 Å². The lowest BCUT2D eigenvalue weighted by Gasteiger charge is -2.19. The van der Waals surface area contributed by atoms with Gasteiger partial charge in [-0.05, 0) is 24.1 Å². The molecule has 5 nitrogen and oxygen atoms in total. The zero-order valence-electron chi connectivity index (χ0n) is 11.3. The maximum absolute atomic E-state index is 4.71. The van der Waals surface area contributed by atoms with Crippen molar-refractivity contribution in [3.8, 4) is 10.6 Å². The van der Waals surface area contributed by atoms with Gasteiger partial charge in [-0.15, -0.1) is 10.2 Å². The van der Waals surface area contributed by atoms with Gasteiger partial charge in [-0.3, -0.25) is 0 Å². The minimum absolute atomic E-state index is 0.848. The van der Waals surface area contributed by atoms with E-state index in [0.717, 1.165) is 41.7 Å². The molecule has 0 spiro atoms. The monoisotopic (exact) mass is 285 g/mol. The van der Waals surface area contributed by atoms with E-state index >= 15 is 0 Å². The van der Waals surface area contributed by atoms with E-state index in [1.807, 2.05) is 4.52 Å². The molecule has 1 aliphatic heterocycles. The van der Waals surface area contributed by atoms with Crippen LogP contribution in [0.1, 0.15) is 23.9 Å². The molecular formula is C14H15N5S. The van der Waals surface area contributed by atoms with Gasteiger partial charge in [-0.1, -0.05) is 36.5 Å². The highest BCUT2D eigenvalue weighted by molar-refractivity contribution is 7.19. The number of nitrogens with zero attached hydrogens (tertiary/aromatic N) is 4. The molecule has 0 unspecified atom stereocenters. The zero-order chi connectivity index (χ0) is 13.5.